The molecule has 1 aromatic heterocycles. The van der Waals surface area contributed by atoms with Crippen molar-refractivity contribution in [2.24, 2.45) is 5.73 Å². The number of rotatable bonds is 4. The van der Waals surface area contributed by atoms with E-state index in [1.165, 1.54) is 34.2 Å². The molecule has 0 saturated carbocycles. The molecule has 0 radical (unpaired) electrons. The largest absolute Gasteiger partial charge is 0.323 e. The molecule has 0 fully saturated rings. The molecule has 84 valence electrons. The third-order valence-electron chi connectivity index (χ3n) is 2.61. The van der Waals surface area contributed by atoms with Crippen molar-refractivity contribution in [2.45, 2.75) is 44.4 Å². The van der Waals surface area contributed by atoms with Crippen molar-refractivity contribution in [3.05, 3.63) is 15.6 Å². The molecule has 1 atom stereocenters. The minimum atomic E-state index is 0.260. The highest BCUT2D eigenvalue weighted by molar-refractivity contribution is 7.98. The second kappa shape index (κ2) is 5.32. The van der Waals surface area contributed by atoms with E-state index < -0.39 is 0 Å². The maximum atomic E-state index is 6.08. The Morgan fingerprint density at radius 3 is 3.20 bits per heavy atom. The van der Waals surface area contributed by atoms with Gasteiger partial charge in [-0.2, -0.15) is 11.8 Å². The lowest BCUT2D eigenvalue weighted by Crippen LogP contribution is -2.15. The van der Waals surface area contributed by atoms with Crippen LogP contribution in [-0.4, -0.2) is 10.7 Å². The Balaban J connectivity index is 2.01. The fourth-order valence-corrected chi connectivity index (χ4v) is 3.97. The fourth-order valence-electron chi connectivity index (χ4n) is 1.87. The molecule has 0 amide bonds. The molecule has 15 heavy (non-hydrogen) atoms. The fraction of sp³-hybridized carbons (Fsp3) is 0.727. The molecule has 0 aliphatic heterocycles. The topological polar surface area (TPSA) is 38.9 Å². The van der Waals surface area contributed by atoms with Gasteiger partial charge in [0.2, 0.25) is 0 Å². The molecule has 0 bridgehead atoms. The molecule has 0 spiro atoms. The van der Waals surface area contributed by atoms with Gasteiger partial charge >= 0.3 is 0 Å². The number of nitrogens with zero attached hydrogens (tertiary/aromatic N) is 1. The van der Waals surface area contributed by atoms with E-state index in [9.17, 15) is 0 Å². The van der Waals surface area contributed by atoms with Crippen LogP contribution in [0.3, 0.4) is 0 Å². The van der Waals surface area contributed by atoms with Gasteiger partial charge < -0.3 is 5.73 Å². The van der Waals surface area contributed by atoms with Gasteiger partial charge in [0.15, 0.2) is 0 Å². The Hall–Kier alpha value is -0.0600. The second-order valence-corrected chi connectivity index (χ2v) is 6.19. The Morgan fingerprint density at radius 1 is 1.60 bits per heavy atom. The van der Waals surface area contributed by atoms with Gasteiger partial charge in [0.05, 0.1) is 5.69 Å². The minimum absolute atomic E-state index is 0.260. The summed E-state index contributed by atoms with van der Waals surface area (Å²) in [5.41, 5.74) is 7.36. The van der Waals surface area contributed by atoms with Crippen LogP contribution < -0.4 is 5.73 Å². The van der Waals surface area contributed by atoms with E-state index in [0.717, 1.165) is 18.6 Å². The molecule has 1 aliphatic carbocycles. The summed E-state index contributed by atoms with van der Waals surface area (Å²) in [4.78, 5) is 6.05. The summed E-state index contributed by atoms with van der Waals surface area (Å²) in [6, 6.07) is 0.260. The number of nitrogens with two attached hydrogens (primary N) is 1. The zero-order valence-corrected chi connectivity index (χ0v) is 10.8. The maximum Gasteiger partial charge on any atom is 0.103 e. The zero-order chi connectivity index (χ0) is 10.7. The van der Waals surface area contributed by atoms with Crippen molar-refractivity contribution in [3.63, 3.8) is 0 Å². The van der Waals surface area contributed by atoms with Crippen molar-refractivity contribution < 1.29 is 0 Å². The van der Waals surface area contributed by atoms with Crippen LogP contribution >= 0.6 is 23.1 Å². The van der Waals surface area contributed by atoms with Crippen molar-refractivity contribution >= 4 is 23.1 Å². The van der Waals surface area contributed by atoms with Gasteiger partial charge in [-0.1, -0.05) is 6.92 Å². The number of fused-ring (bicyclic) bond motifs is 1. The van der Waals surface area contributed by atoms with Crippen molar-refractivity contribution in [1.29, 1.82) is 0 Å². The summed E-state index contributed by atoms with van der Waals surface area (Å²) in [7, 11) is 0. The molecule has 2 rings (SSSR count). The Kier molecular flexibility index (Phi) is 4.05. The molecule has 0 aromatic carbocycles. The van der Waals surface area contributed by atoms with E-state index in [1.807, 2.05) is 23.1 Å². The van der Waals surface area contributed by atoms with Crippen LogP contribution in [0.25, 0.3) is 0 Å². The van der Waals surface area contributed by atoms with Crippen LogP contribution in [-0.2, 0) is 12.2 Å². The van der Waals surface area contributed by atoms with Gasteiger partial charge in [0.25, 0.3) is 0 Å². The summed E-state index contributed by atoms with van der Waals surface area (Å²) in [5, 5.41) is 1.27. The monoisotopic (exact) mass is 242 g/mol. The molecule has 4 heteroatoms. The molecular formula is C11H18N2S2. The summed E-state index contributed by atoms with van der Waals surface area (Å²) in [6.07, 6.45) is 4.73. The highest BCUT2D eigenvalue weighted by atomic mass is 32.2. The minimum Gasteiger partial charge on any atom is -0.323 e. The van der Waals surface area contributed by atoms with Gasteiger partial charge in [-0.3, -0.25) is 0 Å². The van der Waals surface area contributed by atoms with E-state index in [2.05, 4.69) is 6.92 Å². The lowest BCUT2D eigenvalue weighted by atomic mass is 9.99. The molecular weight excluding hydrogens is 224 g/mol. The average molecular weight is 242 g/mol. The third-order valence-corrected chi connectivity index (χ3v) is 5.20. The first-order chi connectivity index (χ1) is 7.31. The van der Waals surface area contributed by atoms with Crippen LogP contribution in [0.2, 0.25) is 0 Å². The molecule has 1 unspecified atom stereocenters. The number of aromatic nitrogens is 1. The van der Waals surface area contributed by atoms with Crippen LogP contribution in [0.5, 0.6) is 0 Å². The number of aryl methyl sites for hydroxylation is 1. The van der Waals surface area contributed by atoms with Crippen LogP contribution in [0.15, 0.2) is 0 Å². The molecule has 1 heterocycles. The normalized spacial score (nSPS) is 20.3. The van der Waals surface area contributed by atoms with Crippen molar-refractivity contribution in [1.82, 2.24) is 4.98 Å². The first kappa shape index (κ1) is 11.4. The van der Waals surface area contributed by atoms with Gasteiger partial charge in [-0.05, 0) is 31.4 Å². The quantitative estimate of drug-likeness (QED) is 0.825. The summed E-state index contributed by atoms with van der Waals surface area (Å²) in [5.74, 6) is 2.30. The van der Waals surface area contributed by atoms with Gasteiger partial charge in [-0.25, -0.2) is 4.98 Å². The summed E-state index contributed by atoms with van der Waals surface area (Å²) in [6.45, 7) is 2.22. The lowest BCUT2D eigenvalue weighted by molar-refractivity contribution is 0.573. The third kappa shape index (κ3) is 2.74. The van der Waals surface area contributed by atoms with Gasteiger partial charge in [-0.15, -0.1) is 11.3 Å². The maximum absolute atomic E-state index is 6.08. The highest BCUT2D eigenvalue weighted by Gasteiger charge is 2.21. The number of thioether (sulfide) groups is 1. The predicted molar refractivity (Wildman–Crippen MR) is 68.4 cm³/mol. The Labute approximate surface area is 99.7 Å². The van der Waals surface area contributed by atoms with Gasteiger partial charge in [0, 0.05) is 16.7 Å². The van der Waals surface area contributed by atoms with Crippen LogP contribution in [0.4, 0.5) is 0 Å². The van der Waals surface area contributed by atoms with E-state index in [1.54, 1.807) is 0 Å². The number of thiazole rings is 1. The molecule has 2 nitrogen and oxygen atoms in total. The van der Waals surface area contributed by atoms with Crippen molar-refractivity contribution in [2.75, 3.05) is 5.75 Å². The predicted octanol–water partition coefficient (Wildman–Crippen LogP) is 3.12. The smallest absolute Gasteiger partial charge is 0.103 e. The Morgan fingerprint density at radius 2 is 2.47 bits per heavy atom. The Bertz CT molecular complexity index is 322. The molecule has 1 aromatic rings. The SMILES string of the molecule is CCCSCc1nc2c(s1)C(N)CCC2. The lowest BCUT2D eigenvalue weighted by Gasteiger charge is -2.15. The molecule has 1 aliphatic rings. The van der Waals surface area contributed by atoms with Crippen LogP contribution in [0.1, 0.15) is 47.8 Å². The van der Waals surface area contributed by atoms with E-state index in [4.69, 9.17) is 10.7 Å². The van der Waals surface area contributed by atoms with E-state index in [-0.39, 0.29) is 6.04 Å². The first-order valence-electron chi connectivity index (χ1n) is 5.63. The first-order valence-corrected chi connectivity index (χ1v) is 7.60. The summed E-state index contributed by atoms with van der Waals surface area (Å²) < 4.78 is 0. The molecule has 0 saturated heterocycles. The van der Waals surface area contributed by atoms with Crippen LogP contribution in [0, 0.1) is 0 Å². The molecule has 2 N–H and O–H groups in total. The number of hydrogen-bond acceptors (Lipinski definition) is 4. The van der Waals surface area contributed by atoms with Gasteiger partial charge in [0.1, 0.15) is 5.01 Å². The van der Waals surface area contributed by atoms with Crippen molar-refractivity contribution in [3.8, 4) is 0 Å². The zero-order valence-electron chi connectivity index (χ0n) is 9.16. The van der Waals surface area contributed by atoms with E-state index >= 15 is 0 Å². The second-order valence-electron chi connectivity index (χ2n) is 3.97. The highest BCUT2D eigenvalue weighted by Crippen LogP contribution is 2.33. The average Bonchev–Trinajstić information content (AvgIpc) is 2.63. The number of hydrogen-bond donors (Lipinski definition) is 1. The summed E-state index contributed by atoms with van der Waals surface area (Å²) >= 11 is 3.82. The van der Waals surface area contributed by atoms with E-state index in [0.29, 0.717) is 0 Å². The standard InChI is InChI=1S/C11H18N2S2/c1-2-6-14-7-10-13-9-5-3-4-8(12)11(9)15-10/h8H,2-7,12H2,1H3.